The van der Waals surface area contributed by atoms with Crippen LogP contribution in [0.4, 0.5) is 4.39 Å². The predicted molar refractivity (Wildman–Crippen MR) is 72.1 cm³/mol. The van der Waals surface area contributed by atoms with Gasteiger partial charge in [0, 0.05) is 4.47 Å². The molecule has 0 aliphatic heterocycles. The summed E-state index contributed by atoms with van der Waals surface area (Å²) in [4.78, 5) is 12.0. The van der Waals surface area contributed by atoms with Crippen LogP contribution in [0.25, 0.3) is 0 Å². The van der Waals surface area contributed by atoms with Gasteiger partial charge in [-0.05, 0) is 46.3 Å². The molecule has 2 rings (SSSR count). The third kappa shape index (κ3) is 3.12. The van der Waals surface area contributed by atoms with Crippen LogP contribution in [0, 0.1) is 5.82 Å². The van der Waals surface area contributed by atoms with Crippen LogP contribution in [0.1, 0.15) is 10.4 Å². The molecule has 0 bridgehead atoms. The fourth-order valence-electron chi connectivity index (χ4n) is 1.51. The van der Waals surface area contributed by atoms with Crippen LogP contribution in [0.3, 0.4) is 0 Å². The summed E-state index contributed by atoms with van der Waals surface area (Å²) in [7, 11) is 1.49. The average molecular weight is 325 g/mol. The number of hydrogen-bond acceptors (Lipinski definition) is 3. The maximum absolute atomic E-state index is 13.0. The van der Waals surface area contributed by atoms with Crippen molar-refractivity contribution in [3.05, 3.63) is 58.3 Å². The smallest absolute Gasteiger partial charge is 0.344 e. The number of para-hydroxylation sites is 2. The maximum Gasteiger partial charge on any atom is 0.344 e. The van der Waals surface area contributed by atoms with E-state index in [0.29, 0.717) is 16.0 Å². The second-order valence-corrected chi connectivity index (χ2v) is 4.52. The van der Waals surface area contributed by atoms with Crippen molar-refractivity contribution in [2.24, 2.45) is 0 Å². The number of carbonyl (C=O) groups excluding carboxylic acids is 1. The maximum atomic E-state index is 13.0. The molecule has 0 saturated heterocycles. The average Bonchev–Trinajstić information content (AvgIpc) is 2.39. The van der Waals surface area contributed by atoms with Crippen molar-refractivity contribution in [2.75, 3.05) is 7.11 Å². The predicted octanol–water partition coefficient (Wildman–Crippen LogP) is 3.82. The first kappa shape index (κ1) is 13.5. The highest BCUT2D eigenvalue weighted by molar-refractivity contribution is 9.10. The monoisotopic (exact) mass is 324 g/mol. The van der Waals surface area contributed by atoms with E-state index in [4.69, 9.17) is 9.47 Å². The van der Waals surface area contributed by atoms with Crippen molar-refractivity contribution >= 4 is 21.9 Å². The van der Waals surface area contributed by atoms with Crippen molar-refractivity contribution < 1.29 is 18.7 Å². The Labute approximate surface area is 118 Å². The number of methoxy groups -OCH3 is 1. The summed E-state index contributed by atoms with van der Waals surface area (Å²) in [6.07, 6.45) is 0. The van der Waals surface area contributed by atoms with E-state index in [0.717, 1.165) is 0 Å². The van der Waals surface area contributed by atoms with Gasteiger partial charge in [-0.25, -0.2) is 9.18 Å². The Morgan fingerprint density at radius 2 is 1.84 bits per heavy atom. The highest BCUT2D eigenvalue weighted by atomic mass is 79.9. The van der Waals surface area contributed by atoms with Crippen LogP contribution in [-0.4, -0.2) is 13.1 Å². The Morgan fingerprint density at radius 1 is 1.16 bits per heavy atom. The minimum Gasteiger partial charge on any atom is -0.493 e. The SMILES string of the molecule is COc1ccccc1OC(=O)c1ccc(F)cc1Br. The summed E-state index contributed by atoms with van der Waals surface area (Å²) in [5.74, 6) is -0.252. The van der Waals surface area contributed by atoms with E-state index in [2.05, 4.69) is 15.9 Å². The molecule has 0 heterocycles. The zero-order valence-corrected chi connectivity index (χ0v) is 11.6. The van der Waals surface area contributed by atoms with Crippen molar-refractivity contribution in [3.8, 4) is 11.5 Å². The van der Waals surface area contributed by atoms with Gasteiger partial charge in [-0.3, -0.25) is 0 Å². The molecule has 2 aromatic rings. The van der Waals surface area contributed by atoms with E-state index in [1.54, 1.807) is 24.3 Å². The molecule has 0 unspecified atom stereocenters. The Kier molecular flexibility index (Phi) is 4.16. The van der Waals surface area contributed by atoms with Crippen LogP contribution in [-0.2, 0) is 0 Å². The summed E-state index contributed by atoms with van der Waals surface area (Å²) in [6.45, 7) is 0. The number of halogens is 2. The molecule has 0 aliphatic carbocycles. The van der Waals surface area contributed by atoms with Gasteiger partial charge in [0.05, 0.1) is 12.7 Å². The van der Waals surface area contributed by atoms with Crippen molar-refractivity contribution in [3.63, 3.8) is 0 Å². The molecular formula is C14H10BrFO3. The summed E-state index contributed by atoms with van der Waals surface area (Å²) >= 11 is 3.12. The highest BCUT2D eigenvalue weighted by Gasteiger charge is 2.15. The molecule has 0 aliphatic rings. The van der Waals surface area contributed by atoms with Crippen LogP contribution in [0.2, 0.25) is 0 Å². The van der Waals surface area contributed by atoms with Crippen LogP contribution < -0.4 is 9.47 Å². The van der Waals surface area contributed by atoms with Crippen molar-refractivity contribution in [1.82, 2.24) is 0 Å². The lowest BCUT2D eigenvalue weighted by atomic mass is 10.2. The molecule has 5 heteroatoms. The van der Waals surface area contributed by atoms with Crippen LogP contribution in [0.15, 0.2) is 46.9 Å². The fraction of sp³-hybridized carbons (Fsp3) is 0.0714. The van der Waals surface area contributed by atoms with Gasteiger partial charge in [-0.2, -0.15) is 0 Å². The van der Waals surface area contributed by atoms with Gasteiger partial charge in [0.15, 0.2) is 11.5 Å². The zero-order valence-electron chi connectivity index (χ0n) is 10.0. The zero-order chi connectivity index (χ0) is 13.8. The lowest BCUT2D eigenvalue weighted by Crippen LogP contribution is -2.10. The molecule has 19 heavy (non-hydrogen) atoms. The Balaban J connectivity index is 2.26. The summed E-state index contributed by atoms with van der Waals surface area (Å²) < 4.78 is 23.6. The minimum atomic E-state index is -0.587. The number of carbonyl (C=O) groups is 1. The lowest BCUT2D eigenvalue weighted by Gasteiger charge is -2.09. The molecule has 98 valence electrons. The van der Waals surface area contributed by atoms with Gasteiger partial charge in [0.25, 0.3) is 0 Å². The Bertz CT molecular complexity index is 613. The van der Waals surface area contributed by atoms with Gasteiger partial charge in [0.2, 0.25) is 0 Å². The number of ether oxygens (including phenoxy) is 2. The minimum absolute atomic E-state index is 0.243. The van der Waals surface area contributed by atoms with E-state index >= 15 is 0 Å². The molecule has 0 spiro atoms. The topological polar surface area (TPSA) is 35.5 Å². The van der Waals surface area contributed by atoms with Crippen LogP contribution in [0.5, 0.6) is 11.5 Å². The highest BCUT2D eigenvalue weighted by Crippen LogP contribution is 2.28. The van der Waals surface area contributed by atoms with Gasteiger partial charge >= 0.3 is 5.97 Å². The summed E-state index contributed by atoms with van der Waals surface area (Å²) in [6, 6.07) is 10.6. The number of benzene rings is 2. The first-order chi connectivity index (χ1) is 9.11. The molecule has 3 nitrogen and oxygen atoms in total. The number of rotatable bonds is 3. The molecule has 0 N–H and O–H groups in total. The fourth-order valence-corrected chi connectivity index (χ4v) is 2.03. The van der Waals surface area contributed by atoms with E-state index in [9.17, 15) is 9.18 Å². The molecule has 0 fully saturated rings. The van der Waals surface area contributed by atoms with E-state index in [-0.39, 0.29) is 5.56 Å². The van der Waals surface area contributed by atoms with E-state index < -0.39 is 11.8 Å². The van der Waals surface area contributed by atoms with E-state index in [1.807, 2.05) is 0 Å². The molecule has 0 saturated carbocycles. The third-order valence-electron chi connectivity index (χ3n) is 2.42. The molecule has 0 aromatic heterocycles. The molecular weight excluding hydrogens is 315 g/mol. The van der Waals surface area contributed by atoms with Crippen LogP contribution >= 0.6 is 15.9 Å². The largest absolute Gasteiger partial charge is 0.493 e. The Hall–Kier alpha value is -1.88. The molecule has 0 atom stereocenters. The van der Waals surface area contributed by atoms with Crippen molar-refractivity contribution in [2.45, 2.75) is 0 Å². The van der Waals surface area contributed by atoms with Gasteiger partial charge in [0.1, 0.15) is 5.82 Å². The second-order valence-electron chi connectivity index (χ2n) is 3.66. The first-order valence-corrected chi connectivity index (χ1v) is 6.21. The molecule has 2 aromatic carbocycles. The number of hydrogen-bond donors (Lipinski definition) is 0. The van der Waals surface area contributed by atoms with Gasteiger partial charge in [-0.1, -0.05) is 12.1 Å². The molecule has 0 radical (unpaired) electrons. The normalized spacial score (nSPS) is 10.1. The van der Waals surface area contributed by atoms with E-state index in [1.165, 1.54) is 25.3 Å². The third-order valence-corrected chi connectivity index (χ3v) is 3.08. The van der Waals surface area contributed by atoms with Gasteiger partial charge in [-0.15, -0.1) is 0 Å². The number of esters is 1. The van der Waals surface area contributed by atoms with Gasteiger partial charge < -0.3 is 9.47 Å². The standard InChI is InChI=1S/C14H10BrFO3/c1-18-12-4-2-3-5-13(12)19-14(17)10-7-6-9(16)8-11(10)15/h2-8H,1H3. The lowest BCUT2D eigenvalue weighted by molar-refractivity contribution is 0.0728. The first-order valence-electron chi connectivity index (χ1n) is 5.42. The van der Waals surface area contributed by atoms with Crippen molar-refractivity contribution in [1.29, 1.82) is 0 Å². The summed E-state index contributed by atoms with van der Waals surface area (Å²) in [5.41, 5.74) is 0.243. The molecule has 0 amide bonds. The quantitative estimate of drug-likeness (QED) is 0.636. The second kappa shape index (κ2) is 5.84. The Morgan fingerprint density at radius 3 is 2.47 bits per heavy atom. The summed E-state index contributed by atoms with van der Waals surface area (Å²) in [5, 5.41) is 0.